The maximum absolute atomic E-state index is 12.3. The largest absolute Gasteiger partial charge is 0.350 e. The van der Waals surface area contributed by atoms with Crippen LogP contribution in [0.1, 0.15) is 67.2 Å². The van der Waals surface area contributed by atoms with E-state index >= 15 is 0 Å². The molecule has 42 heavy (non-hydrogen) atoms. The first kappa shape index (κ1) is 35.3. The number of nitrogens with zero attached hydrogens (tertiary/aromatic N) is 3. The number of hydrogen-bond acceptors (Lipinski definition) is 6. The number of nitriles is 1. The lowest BCUT2D eigenvalue weighted by atomic mass is 9.84. The Kier molecular flexibility index (Phi) is 13.5. The fourth-order valence-corrected chi connectivity index (χ4v) is 5.27. The molecular weight excluding hydrogens is 541 g/mol. The SMILES string of the molecule is CC(C)C.CC1CN(C(=O)CNC(=O)NCCN2CC(CF)C2)CC1(C)C.N#CC(CC1CC2(CC2)NC1=O)NC=O. The predicted molar refractivity (Wildman–Crippen MR) is 159 cm³/mol. The fraction of sp³-hybridized carbons (Fsp3) is 0.833. The van der Waals surface area contributed by atoms with Gasteiger partial charge in [0, 0.05) is 56.6 Å². The summed E-state index contributed by atoms with van der Waals surface area (Å²) in [4.78, 5) is 49.5. The Hall–Kier alpha value is -2.94. The standard InChI is InChI=1S/C16H29FN4O2.C10H13N3O2.C4H10/c1-12-8-21(11-16(12,2)3)14(22)7-19-15(23)18-4-5-20-9-13(6-17)10-20;11-5-8(12-6-14)3-7-4-10(1-2-10)13-9(7)15;1-4(2)3/h12-13H,4-11H2,1-3H3,(H2,18,19,23);6-8H,1-4H2,(H,12,14)(H,13,15);4H,1-3H3. The summed E-state index contributed by atoms with van der Waals surface area (Å²) in [5.41, 5.74) is 0.176. The van der Waals surface area contributed by atoms with Gasteiger partial charge in [-0.2, -0.15) is 5.26 Å². The lowest BCUT2D eigenvalue weighted by Crippen LogP contribution is -2.51. The average molecular weight is 594 g/mol. The van der Waals surface area contributed by atoms with Gasteiger partial charge in [-0.05, 0) is 42.9 Å². The molecule has 3 aliphatic heterocycles. The molecule has 11 nitrogen and oxygen atoms in total. The van der Waals surface area contributed by atoms with Crippen LogP contribution in [0.2, 0.25) is 0 Å². The van der Waals surface area contributed by atoms with Gasteiger partial charge in [0.05, 0.1) is 19.3 Å². The topological polar surface area (TPSA) is 147 Å². The summed E-state index contributed by atoms with van der Waals surface area (Å²) in [5.74, 6) is 1.33. The number of nitrogens with one attached hydrogen (secondary N) is 4. The van der Waals surface area contributed by atoms with Gasteiger partial charge in [0.25, 0.3) is 0 Å². The third kappa shape index (κ3) is 11.4. The quantitative estimate of drug-likeness (QED) is 0.285. The van der Waals surface area contributed by atoms with Crippen molar-refractivity contribution in [3.8, 4) is 6.07 Å². The summed E-state index contributed by atoms with van der Waals surface area (Å²) < 4.78 is 12.3. The molecule has 5 amide bonds. The van der Waals surface area contributed by atoms with Crippen molar-refractivity contribution in [3.05, 3.63) is 0 Å². The Morgan fingerprint density at radius 3 is 2.31 bits per heavy atom. The molecule has 4 fully saturated rings. The van der Waals surface area contributed by atoms with E-state index in [0.717, 1.165) is 57.9 Å². The first-order valence-corrected chi connectivity index (χ1v) is 15.2. The second-order valence-electron chi connectivity index (χ2n) is 13.7. The van der Waals surface area contributed by atoms with Crippen LogP contribution in [-0.2, 0) is 14.4 Å². The molecular formula is C30H52FN7O4. The van der Waals surface area contributed by atoms with Gasteiger partial charge in [0.1, 0.15) is 6.04 Å². The summed E-state index contributed by atoms with van der Waals surface area (Å²) in [7, 11) is 0. The minimum absolute atomic E-state index is 0.0282. The molecule has 4 aliphatic rings. The number of hydrogen-bond donors (Lipinski definition) is 4. The number of rotatable bonds is 10. The van der Waals surface area contributed by atoms with Crippen molar-refractivity contribution in [2.45, 2.75) is 78.8 Å². The zero-order valence-electron chi connectivity index (χ0n) is 26.3. The van der Waals surface area contributed by atoms with E-state index in [4.69, 9.17) is 5.26 Å². The van der Waals surface area contributed by atoms with E-state index in [9.17, 15) is 23.6 Å². The lowest BCUT2D eigenvalue weighted by molar-refractivity contribution is -0.129. The molecule has 0 aromatic carbocycles. The molecule has 1 aliphatic carbocycles. The van der Waals surface area contributed by atoms with Crippen molar-refractivity contribution in [2.75, 3.05) is 52.5 Å². The summed E-state index contributed by atoms with van der Waals surface area (Å²) in [5, 5.41) is 19.5. The molecule has 12 heteroatoms. The third-order valence-electron chi connectivity index (χ3n) is 8.34. The zero-order valence-corrected chi connectivity index (χ0v) is 26.3. The van der Waals surface area contributed by atoms with Crippen molar-refractivity contribution in [3.63, 3.8) is 0 Å². The number of carbonyl (C=O) groups is 4. The molecule has 238 valence electrons. The highest BCUT2D eigenvalue weighted by molar-refractivity contribution is 5.84. The fourth-order valence-electron chi connectivity index (χ4n) is 5.27. The Morgan fingerprint density at radius 1 is 1.19 bits per heavy atom. The highest BCUT2D eigenvalue weighted by Gasteiger charge is 2.52. The molecule has 0 bridgehead atoms. The minimum Gasteiger partial charge on any atom is -0.350 e. The maximum atomic E-state index is 12.3. The van der Waals surface area contributed by atoms with Gasteiger partial charge in [0.2, 0.25) is 18.2 Å². The molecule has 0 radical (unpaired) electrons. The van der Waals surface area contributed by atoms with Crippen LogP contribution in [0, 0.1) is 40.4 Å². The second-order valence-corrected chi connectivity index (χ2v) is 13.7. The van der Waals surface area contributed by atoms with Crippen molar-refractivity contribution >= 4 is 24.3 Å². The van der Waals surface area contributed by atoms with Gasteiger partial charge in [-0.25, -0.2) is 4.79 Å². The molecule has 3 atom stereocenters. The van der Waals surface area contributed by atoms with Gasteiger partial charge in [-0.15, -0.1) is 0 Å². The summed E-state index contributed by atoms with van der Waals surface area (Å²) in [6.07, 6.45) is 3.84. The van der Waals surface area contributed by atoms with Crippen LogP contribution in [0.25, 0.3) is 0 Å². The molecule has 0 aromatic heterocycles. The first-order chi connectivity index (χ1) is 19.7. The Morgan fingerprint density at radius 2 is 1.83 bits per heavy atom. The van der Waals surface area contributed by atoms with Gasteiger partial charge >= 0.3 is 6.03 Å². The molecule has 1 saturated carbocycles. The van der Waals surface area contributed by atoms with Gasteiger partial charge in [0.15, 0.2) is 0 Å². The number of carbonyl (C=O) groups excluding carboxylic acids is 4. The summed E-state index contributed by atoms with van der Waals surface area (Å²) in [6, 6.07) is 1.10. The molecule has 4 rings (SSSR count). The Bertz CT molecular complexity index is 957. The van der Waals surface area contributed by atoms with Crippen molar-refractivity contribution in [1.29, 1.82) is 5.26 Å². The third-order valence-corrected chi connectivity index (χ3v) is 8.34. The minimum atomic E-state index is -0.549. The molecule has 4 N–H and O–H groups in total. The highest BCUT2D eigenvalue weighted by atomic mass is 19.1. The number of alkyl halides is 1. The molecule has 0 aromatic rings. The summed E-state index contributed by atoms with van der Waals surface area (Å²) in [6.45, 7) is 17.0. The van der Waals surface area contributed by atoms with E-state index in [0.29, 0.717) is 25.3 Å². The van der Waals surface area contributed by atoms with Crippen LogP contribution in [0.5, 0.6) is 0 Å². The molecule has 1 spiro atoms. The van der Waals surface area contributed by atoms with Gasteiger partial charge in [-0.3, -0.25) is 18.8 Å². The summed E-state index contributed by atoms with van der Waals surface area (Å²) >= 11 is 0. The van der Waals surface area contributed by atoms with E-state index in [-0.39, 0.29) is 53.9 Å². The number of amides is 5. The smallest absolute Gasteiger partial charge is 0.315 e. The van der Waals surface area contributed by atoms with Crippen LogP contribution in [0.4, 0.5) is 9.18 Å². The molecule has 3 saturated heterocycles. The number of halogens is 1. The Balaban J connectivity index is 0.000000277. The van der Waals surface area contributed by atoms with E-state index in [2.05, 4.69) is 67.7 Å². The van der Waals surface area contributed by atoms with Crippen LogP contribution in [-0.4, -0.2) is 98.1 Å². The van der Waals surface area contributed by atoms with E-state index in [1.54, 1.807) is 0 Å². The molecule has 3 unspecified atom stereocenters. The maximum Gasteiger partial charge on any atom is 0.315 e. The Labute approximate surface area is 250 Å². The van der Waals surface area contributed by atoms with Crippen LogP contribution >= 0.6 is 0 Å². The number of urea groups is 1. The first-order valence-electron chi connectivity index (χ1n) is 15.2. The van der Waals surface area contributed by atoms with Crippen LogP contribution < -0.4 is 21.3 Å². The van der Waals surface area contributed by atoms with E-state index in [1.807, 2.05) is 11.0 Å². The monoisotopic (exact) mass is 593 g/mol. The average Bonchev–Trinajstić information content (AvgIpc) is 3.48. The van der Waals surface area contributed by atoms with Crippen molar-refractivity contribution in [2.24, 2.45) is 29.1 Å². The molecule has 3 heterocycles. The highest BCUT2D eigenvalue weighted by Crippen LogP contribution is 2.46. The normalized spacial score (nSPS) is 24.2. The lowest BCUT2D eigenvalue weighted by Gasteiger charge is -2.37. The zero-order chi connectivity index (χ0) is 31.5. The van der Waals surface area contributed by atoms with E-state index < -0.39 is 6.04 Å². The van der Waals surface area contributed by atoms with Gasteiger partial charge < -0.3 is 31.1 Å². The van der Waals surface area contributed by atoms with Crippen molar-refractivity contribution in [1.82, 2.24) is 31.1 Å². The van der Waals surface area contributed by atoms with Gasteiger partial charge in [-0.1, -0.05) is 41.5 Å². The van der Waals surface area contributed by atoms with Crippen LogP contribution in [0.15, 0.2) is 0 Å². The van der Waals surface area contributed by atoms with Crippen LogP contribution in [0.3, 0.4) is 0 Å². The second kappa shape index (κ2) is 16.1. The number of likely N-dealkylation sites (tertiary alicyclic amines) is 2. The predicted octanol–water partition coefficient (Wildman–Crippen LogP) is 2.04. The van der Waals surface area contributed by atoms with Crippen molar-refractivity contribution < 1.29 is 23.6 Å². The van der Waals surface area contributed by atoms with E-state index in [1.165, 1.54) is 0 Å².